The summed E-state index contributed by atoms with van der Waals surface area (Å²) in [6, 6.07) is 13.5. The largest absolute Gasteiger partial charge is 0.504 e. The third kappa shape index (κ3) is 5.47. The van der Waals surface area contributed by atoms with Gasteiger partial charge in [-0.15, -0.1) is 0 Å². The summed E-state index contributed by atoms with van der Waals surface area (Å²) in [4.78, 5) is 11.9. The SMILES string of the molecule is O=C(COc1ccc(Cl)cc1O)NC(CO)Cc1ccccc1. The number of hydrogen-bond donors (Lipinski definition) is 3. The Balaban J connectivity index is 1.85. The van der Waals surface area contributed by atoms with Gasteiger partial charge in [-0.2, -0.15) is 0 Å². The van der Waals surface area contributed by atoms with Crippen LogP contribution < -0.4 is 10.1 Å². The number of phenols is 1. The van der Waals surface area contributed by atoms with Crippen LogP contribution in [-0.4, -0.2) is 35.4 Å². The van der Waals surface area contributed by atoms with Gasteiger partial charge in [-0.25, -0.2) is 0 Å². The van der Waals surface area contributed by atoms with Gasteiger partial charge in [-0.05, 0) is 24.1 Å². The first-order valence-corrected chi connectivity index (χ1v) is 7.51. The predicted molar refractivity (Wildman–Crippen MR) is 87.8 cm³/mol. The molecule has 0 fully saturated rings. The van der Waals surface area contributed by atoms with E-state index in [-0.39, 0.29) is 30.6 Å². The van der Waals surface area contributed by atoms with Crippen LogP contribution in [0.3, 0.4) is 0 Å². The van der Waals surface area contributed by atoms with Crippen LogP contribution in [0.15, 0.2) is 48.5 Å². The van der Waals surface area contributed by atoms with E-state index in [4.69, 9.17) is 16.3 Å². The third-order valence-electron chi connectivity index (χ3n) is 3.19. The molecule has 122 valence electrons. The van der Waals surface area contributed by atoms with Gasteiger partial charge in [-0.3, -0.25) is 4.79 Å². The maximum absolute atomic E-state index is 11.9. The molecule has 0 aliphatic rings. The number of halogens is 1. The summed E-state index contributed by atoms with van der Waals surface area (Å²) in [7, 11) is 0. The number of phenolic OH excluding ortho intramolecular Hbond substituents is 1. The van der Waals surface area contributed by atoms with E-state index in [0.29, 0.717) is 11.4 Å². The Kier molecular flexibility index (Phi) is 6.26. The van der Waals surface area contributed by atoms with Crippen LogP contribution in [0.1, 0.15) is 5.56 Å². The molecule has 3 N–H and O–H groups in total. The van der Waals surface area contributed by atoms with Crippen LogP contribution in [-0.2, 0) is 11.2 Å². The molecule has 2 aromatic carbocycles. The first kappa shape index (κ1) is 17.1. The molecule has 0 radical (unpaired) electrons. The Morgan fingerprint density at radius 2 is 1.96 bits per heavy atom. The lowest BCUT2D eigenvalue weighted by Gasteiger charge is -2.17. The molecular formula is C17H18ClNO4. The molecule has 0 heterocycles. The third-order valence-corrected chi connectivity index (χ3v) is 3.43. The molecule has 0 saturated heterocycles. The van der Waals surface area contributed by atoms with Crippen LogP contribution in [0.5, 0.6) is 11.5 Å². The summed E-state index contributed by atoms with van der Waals surface area (Å²) in [5.74, 6) is -0.337. The van der Waals surface area contributed by atoms with Crippen molar-refractivity contribution in [1.29, 1.82) is 0 Å². The minimum atomic E-state index is -0.396. The molecule has 5 nitrogen and oxygen atoms in total. The minimum Gasteiger partial charge on any atom is -0.504 e. The van der Waals surface area contributed by atoms with E-state index >= 15 is 0 Å². The van der Waals surface area contributed by atoms with Gasteiger partial charge in [0.25, 0.3) is 5.91 Å². The number of aliphatic hydroxyl groups excluding tert-OH is 1. The number of nitrogens with one attached hydrogen (secondary N) is 1. The fourth-order valence-electron chi connectivity index (χ4n) is 2.09. The van der Waals surface area contributed by atoms with Crippen molar-refractivity contribution in [2.75, 3.05) is 13.2 Å². The second kappa shape index (κ2) is 8.41. The van der Waals surface area contributed by atoms with Crippen LogP contribution in [0.4, 0.5) is 0 Å². The van der Waals surface area contributed by atoms with Crippen LogP contribution in [0, 0.1) is 0 Å². The molecule has 2 aromatic rings. The van der Waals surface area contributed by atoms with Gasteiger partial charge in [0.05, 0.1) is 12.6 Å². The highest BCUT2D eigenvalue weighted by Crippen LogP contribution is 2.28. The Bertz CT molecular complexity index is 648. The zero-order chi connectivity index (χ0) is 16.7. The quantitative estimate of drug-likeness (QED) is 0.724. The molecule has 1 unspecified atom stereocenters. The van der Waals surface area contributed by atoms with Crippen molar-refractivity contribution in [1.82, 2.24) is 5.32 Å². The Morgan fingerprint density at radius 1 is 1.22 bits per heavy atom. The molecule has 0 saturated carbocycles. The number of rotatable bonds is 7. The van der Waals surface area contributed by atoms with Crippen molar-refractivity contribution < 1.29 is 19.7 Å². The monoisotopic (exact) mass is 335 g/mol. The molecular weight excluding hydrogens is 318 g/mol. The van der Waals surface area contributed by atoms with Gasteiger partial charge in [0.2, 0.25) is 0 Å². The average molecular weight is 336 g/mol. The standard InChI is InChI=1S/C17H18ClNO4/c18-13-6-7-16(15(21)9-13)23-11-17(22)19-14(10-20)8-12-4-2-1-3-5-12/h1-7,9,14,20-21H,8,10-11H2,(H,19,22). The first-order valence-electron chi connectivity index (χ1n) is 7.14. The van der Waals surface area contributed by atoms with Gasteiger partial charge < -0.3 is 20.3 Å². The summed E-state index contributed by atoms with van der Waals surface area (Å²) in [6.45, 7) is -0.437. The molecule has 2 rings (SSSR count). The van der Waals surface area contributed by atoms with E-state index in [0.717, 1.165) is 5.56 Å². The number of hydrogen-bond acceptors (Lipinski definition) is 4. The number of aromatic hydroxyl groups is 1. The molecule has 1 atom stereocenters. The van der Waals surface area contributed by atoms with E-state index in [9.17, 15) is 15.0 Å². The number of ether oxygens (including phenoxy) is 1. The topological polar surface area (TPSA) is 78.8 Å². The van der Waals surface area contributed by atoms with Crippen LogP contribution >= 0.6 is 11.6 Å². The van der Waals surface area contributed by atoms with Crippen molar-refractivity contribution in [3.8, 4) is 11.5 Å². The van der Waals surface area contributed by atoms with E-state index in [1.54, 1.807) is 6.07 Å². The molecule has 0 bridgehead atoms. The van der Waals surface area contributed by atoms with E-state index < -0.39 is 6.04 Å². The smallest absolute Gasteiger partial charge is 0.258 e. The van der Waals surface area contributed by atoms with Gasteiger partial charge in [0, 0.05) is 11.1 Å². The first-order chi connectivity index (χ1) is 11.1. The van der Waals surface area contributed by atoms with Crippen molar-refractivity contribution in [2.45, 2.75) is 12.5 Å². The second-order valence-electron chi connectivity index (χ2n) is 5.04. The molecule has 6 heteroatoms. The molecule has 0 aliphatic heterocycles. The fourth-order valence-corrected chi connectivity index (χ4v) is 2.25. The fraction of sp³-hybridized carbons (Fsp3) is 0.235. The highest BCUT2D eigenvalue weighted by Gasteiger charge is 2.13. The summed E-state index contributed by atoms with van der Waals surface area (Å²) in [5, 5.41) is 22.1. The molecule has 0 aromatic heterocycles. The van der Waals surface area contributed by atoms with Gasteiger partial charge in [0.1, 0.15) is 0 Å². The van der Waals surface area contributed by atoms with E-state index in [1.165, 1.54) is 12.1 Å². The second-order valence-corrected chi connectivity index (χ2v) is 5.47. The molecule has 23 heavy (non-hydrogen) atoms. The van der Waals surface area contributed by atoms with Crippen LogP contribution in [0.2, 0.25) is 5.02 Å². The van der Waals surface area contributed by atoms with Gasteiger partial charge in [0.15, 0.2) is 18.1 Å². The predicted octanol–water partition coefficient (Wildman–Crippen LogP) is 2.14. The van der Waals surface area contributed by atoms with Crippen LogP contribution in [0.25, 0.3) is 0 Å². The lowest BCUT2D eigenvalue weighted by Crippen LogP contribution is -2.41. The van der Waals surface area contributed by atoms with Crippen molar-refractivity contribution in [3.63, 3.8) is 0 Å². The summed E-state index contributed by atoms with van der Waals surface area (Å²) in [6.07, 6.45) is 0.523. The Hall–Kier alpha value is -2.24. The highest BCUT2D eigenvalue weighted by atomic mass is 35.5. The number of carbonyl (C=O) groups is 1. The normalized spacial score (nSPS) is 11.7. The summed E-state index contributed by atoms with van der Waals surface area (Å²) in [5.41, 5.74) is 1.02. The average Bonchev–Trinajstić information content (AvgIpc) is 2.54. The van der Waals surface area contributed by atoms with Crippen molar-refractivity contribution >= 4 is 17.5 Å². The molecule has 1 amide bonds. The molecule has 0 spiro atoms. The minimum absolute atomic E-state index is 0.131. The zero-order valence-electron chi connectivity index (χ0n) is 12.4. The van der Waals surface area contributed by atoms with E-state index in [1.807, 2.05) is 30.3 Å². The zero-order valence-corrected chi connectivity index (χ0v) is 13.2. The Morgan fingerprint density at radius 3 is 2.61 bits per heavy atom. The number of aliphatic hydroxyl groups is 1. The highest BCUT2D eigenvalue weighted by molar-refractivity contribution is 6.30. The number of carbonyl (C=O) groups excluding carboxylic acids is 1. The molecule has 0 aliphatic carbocycles. The summed E-state index contributed by atoms with van der Waals surface area (Å²) >= 11 is 5.72. The summed E-state index contributed by atoms with van der Waals surface area (Å²) < 4.78 is 5.25. The van der Waals surface area contributed by atoms with E-state index in [2.05, 4.69) is 5.32 Å². The Labute approximate surface area is 139 Å². The lowest BCUT2D eigenvalue weighted by molar-refractivity contribution is -0.124. The van der Waals surface area contributed by atoms with Gasteiger partial charge >= 0.3 is 0 Å². The van der Waals surface area contributed by atoms with Gasteiger partial charge in [-0.1, -0.05) is 41.9 Å². The van der Waals surface area contributed by atoms with Crippen molar-refractivity contribution in [2.24, 2.45) is 0 Å². The number of benzene rings is 2. The van der Waals surface area contributed by atoms with Crippen molar-refractivity contribution in [3.05, 3.63) is 59.1 Å². The maximum Gasteiger partial charge on any atom is 0.258 e. The maximum atomic E-state index is 11.9. The number of amides is 1. The lowest BCUT2D eigenvalue weighted by atomic mass is 10.1.